The Bertz CT molecular complexity index is 578. The van der Waals surface area contributed by atoms with Gasteiger partial charge in [0.1, 0.15) is 0 Å². The molecule has 0 saturated heterocycles. The van der Waals surface area contributed by atoms with Crippen molar-refractivity contribution in [1.82, 2.24) is 9.78 Å². The van der Waals surface area contributed by atoms with Crippen molar-refractivity contribution in [2.75, 3.05) is 0 Å². The predicted octanol–water partition coefficient (Wildman–Crippen LogP) is 3.18. The number of aryl methyl sites for hydroxylation is 1. The van der Waals surface area contributed by atoms with Crippen molar-refractivity contribution in [3.63, 3.8) is 0 Å². The Kier molecular flexibility index (Phi) is 3.67. The molecule has 2 aromatic rings. The molecule has 0 amide bonds. The van der Waals surface area contributed by atoms with Crippen molar-refractivity contribution >= 4 is 17.6 Å². The maximum absolute atomic E-state index is 11.0. The van der Waals surface area contributed by atoms with Gasteiger partial charge in [-0.15, -0.1) is 0 Å². The second-order valence-electron chi connectivity index (χ2n) is 3.94. The van der Waals surface area contributed by atoms with Gasteiger partial charge in [-0.25, -0.2) is 9.48 Å². The first-order valence-corrected chi connectivity index (χ1v) is 6.08. The van der Waals surface area contributed by atoms with E-state index in [1.165, 1.54) is 0 Å². The van der Waals surface area contributed by atoms with Crippen molar-refractivity contribution in [3.8, 4) is 5.69 Å². The first kappa shape index (κ1) is 12.6. The Morgan fingerprint density at radius 2 is 2.17 bits per heavy atom. The molecule has 5 heteroatoms. The minimum absolute atomic E-state index is 0.0402. The minimum Gasteiger partial charge on any atom is -0.476 e. The summed E-state index contributed by atoms with van der Waals surface area (Å²) in [4.78, 5) is 11.0. The van der Waals surface area contributed by atoms with Crippen LogP contribution in [-0.4, -0.2) is 20.9 Å². The summed E-state index contributed by atoms with van der Waals surface area (Å²) in [6.45, 7) is 2.03. The van der Waals surface area contributed by atoms with Crippen LogP contribution in [0, 0.1) is 0 Å². The van der Waals surface area contributed by atoms with Gasteiger partial charge in [-0.1, -0.05) is 37.1 Å². The summed E-state index contributed by atoms with van der Waals surface area (Å²) in [7, 11) is 0. The highest BCUT2D eigenvalue weighted by molar-refractivity contribution is 6.32. The number of hydrogen-bond acceptors (Lipinski definition) is 2. The van der Waals surface area contributed by atoms with Crippen LogP contribution >= 0.6 is 11.6 Å². The lowest BCUT2D eigenvalue weighted by Gasteiger charge is -2.07. The molecule has 0 radical (unpaired) electrons. The Labute approximate surface area is 110 Å². The van der Waals surface area contributed by atoms with E-state index in [0.29, 0.717) is 10.7 Å². The van der Waals surface area contributed by atoms with Gasteiger partial charge in [0.05, 0.1) is 10.7 Å². The van der Waals surface area contributed by atoms with Crippen molar-refractivity contribution in [2.45, 2.75) is 19.8 Å². The zero-order valence-corrected chi connectivity index (χ0v) is 10.7. The molecule has 0 unspecified atom stereocenters. The standard InChI is InChI=1S/C13H13ClN2O2/c1-2-5-9-8-11(13(17)18)15-16(9)12-7-4-3-6-10(12)14/h3-4,6-8H,2,5H2,1H3,(H,17,18). The van der Waals surface area contributed by atoms with E-state index in [4.69, 9.17) is 16.7 Å². The van der Waals surface area contributed by atoms with Crippen LogP contribution in [0.2, 0.25) is 5.02 Å². The zero-order valence-electron chi connectivity index (χ0n) is 9.93. The Morgan fingerprint density at radius 1 is 1.44 bits per heavy atom. The topological polar surface area (TPSA) is 55.1 Å². The number of benzene rings is 1. The lowest BCUT2D eigenvalue weighted by Crippen LogP contribution is -2.04. The third-order valence-corrected chi connectivity index (χ3v) is 2.91. The van der Waals surface area contributed by atoms with E-state index >= 15 is 0 Å². The minimum atomic E-state index is -1.03. The van der Waals surface area contributed by atoms with Gasteiger partial charge in [0.15, 0.2) is 5.69 Å². The van der Waals surface area contributed by atoms with Crippen LogP contribution in [0.1, 0.15) is 29.5 Å². The highest BCUT2D eigenvalue weighted by atomic mass is 35.5. The van der Waals surface area contributed by atoms with Gasteiger partial charge in [-0.3, -0.25) is 0 Å². The van der Waals surface area contributed by atoms with Crippen LogP contribution in [0.3, 0.4) is 0 Å². The fourth-order valence-corrected chi connectivity index (χ4v) is 2.01. The second-order valence-corrected chi connectivity index (χ2v) is 4.35. The molecule has 0 spiro atoms. The molecule has 0 aliphatic carbocycles. The van der Waals surface area contributed by atoms with E-state index in [-0.39, 0.29) is 5.69 Å². The van der Waals surface area contributed by atoms with Gasteiger partial charge in [-0.2, -0.15) is 5.10 Å². The summed E-state index contributed by atoms with van der Waals surface area (Å²) in [5.41, 5.74) is 1.59. The number of carboxylic acid groups (broad SMARTS) is 1. The van der Waals surface area contributed by atoms with E-state index in [2.05, 4.69) is 5.10 Å². The van der Waals surface area contributed by atoms with E-state index in [1.54, 1.807) is 16.8 Å². The fourth-order valence-electron chi connectivity index (χ4n) is 1.79. The van der Waals surface area contributed by atoms with E-state index < -0.39 is 5.97 Å². The van der Waals surface area contributed by atoms with Crippen molar-refractivity contribution in [2.24, 2.45) is 0 Å². The largest absolute Gasteiger partial charge is 0.476 e. The van der Waals surface area contributed by atoms with Crippen LogP contribution < -0.4 is 0 Å². The van der Waals surface area contributed by atoms with Gasteiger partial charge in [0.25, 0.3) is 0 Å². The Hall–Kier alpha value is -1.81. The third-order valence-electron chi connectivity index (χ3n) is 2.59. The summed E-state index contributed by atoms with van der Waals surface area (Å²) in [5.74, 6) is -1.03. The molecule has 2 rings (SSSR count). The number of halogens is 1. The molecule has 0 fully saturated rings. The quantitative estimate of drug-likeness (QED) is 0.923. The number of aromatic carboxylic acids is 1. The molecule has 1 aromatic heterocycles. The van der Waals surface area contributed by atoms with Crippen LogP contribution in [-0.2, 0) is 6.42 Å². The van der Waals surface area contributed by atoms with Gasteiger partial charge in [-0.05, 0) is 24.6 Å². The molecule has 94 valence electrons. The normalized spacial score (nSPS) is 10.6. The number of hydrogen-bond donors (Lipinski definition) is 1. The maximum atomic E-state index is 11.0. The van der Waals surface area contributed by atoms with E-state index in [1.807, 2.05) is 25.1 Å². The lowest BCUT2D eigenvalue weighted by molar-refractivity contribution is 0.0690. The zero-order chi connectivity index (χ0) is 13.1. The molecule has 0 atom stereocenters. The molecule has 1 aromatic carbocycles. The Balaban J connectivity index is 2.55. The smallest absolute Gasteiger partial charge is 0.356 e. The highest BCUT2D eigenvalue weighted by Gasteiger charge is 2.15. The average Bonchev–Trinajstić information content (AvgIpc) is 2.74. The summed E-state index contributed by atoms with van der Waals surface area (Å²) in [5, 5.41) is 13.6. The summed E-state index contributed by atoms with van der Waals surface area (Å²) in [6, 6.07) is 8.84. The molecule has 1 heterocycles. The summed E-state index contributed by atoms with van der Waals surface area (Å²) < 4.78 is 1.61. The Morgan fingerprint density at radius 3 is 2.78 bits per heavy atom. The molecular weight excluding hydrogens is 252 g/mol. The van der Waals surface area contributed by atoms with Gasteiger partial charge < -0.3 is 5.11 Å². The van der Waals surface area contributed by atoms with Crippen molar-refractivity contribution < 1.29 is 9.90 Å². The molecule has 4 nitrogen and oxygen atoms in total. The van der Waals surface area contributed by atoms with E-state index in [9.17, 15) is 4.79 Å². The second kappa shape index (κ2) is 5.23. The van der Waals surface area contributed by atoms with Crippen molar-refractivity contribution in [1.29, 1.82) is 0 Å². The SMILES string of the molecule is CCCc1cc(C(=O)O)nn1-c1ccccc1Cl. The van der Waals surface area contributed by atoms with Gasteiger partial charge in [0.2, 0.25) is 0 Å². The highest BCUT2D eigenvalue weighted by Crippen LogP contribution is 2.22. The van der Waals surface area contributed by atoms with Crippen LogP contribution in [0.25, 0.3) is 5.69 Å². The first-order chi connectivity index (χ1) is 8.63. The molecule has 0 aliphatic heterocycles. The van der Waals surface area contributed by atoms with Gasteiger partial charge >= 0.3 is 5.97 Å². The molecule has 0 bridgehead atoms. The predicted molar refractivity (Wildman–Crippen MR) is 69.5 cm³/mol. The summed E-state index contributed by atoms with van der Waals surface area (Å²) >= 11 is 6.11. The van der Waals surface area contributed by atoms with Crippen LogP contribution in [0.5, 0.6) is 0 Å². The molecule has 1 N–H and O–H groups in total. The van der Waals surface area contributed by atoms with Crippen LogP contribution in [0.4, 0.5) is 0 Å². The number of rotatable bonds is 4. The maximum Gasteiger partial charge on any atom is 0.356 e. The monoisotopic (exact) mass is 264 g/mol. The number of para-hydroxylation sites is 1. The molecule has 18 heavy (non-hydrogen) atoms. The summed E-state index contributed by atoms with van der Waals surface area (Å²) in [6.07, 6.45) is 1.67. The lowest BCUT2D eigenvalue weighted by atomic mass is 10.2. The molecular formula is C13H13ClN2O2. The number of aromatic nitrogens is 2. The third kappa shape index (κ3) is 2.38. The average molecular weight is 265 g/mol. The van der Waals surface area contributed by atoms with Crippen molar-refractivity contribution in [3.05, 3.63) is 46.7 Å². The number of carbonyl (C=O) groups is 1. The molecule has 0 aliphatic rings. The van der Waals surface area contributed by atoms with Crippen LogP contribution in [0.15, 0.2) is 30.3 Å². The molecule has 0 saturated carbocycles. The first-order valence-electron chi connectivity index (χ1n) is 5.70. The van der Waals surface area contributed by atoms with Gasteiger partial charge in [0, 0.05) is 5.69 Å². The fraction of sp³-hybridized carbons (Fsp3) is 0.231. The number of carboxylic acids is 1. The number of nitrogens with zero attached hydrogens (tertiary/aromatic N) is 2. The van der Waals surface area contributed by atoms with E-state index in [0.717, 1.165) is 18.5 Å².